The van der Waals surface area contributed by atoms with Gasteiger partial charge in [-0.05, 0) is 38.0 Å². The summed E-state index contributed by atoms with van der Waals surface area (Å²) in [5.74, 6) is 5.54. The van der Waals surface area contributed by atoms with Crippen molar-refractivity contribution in [2.75, 3.05) is 18.0 Å². The zero-order chi connectivity index (χ0) is 20.7. The molecule has 1 aromatic carbocycles. The minimum atomic E-state index is -1.02. The molecule has 0 spiro atoms. The molecule has 0 bridgehead atoms. The molecular weight excluding hydrogens is 406 g/mol. The van der Waals surface area contributed by atoms with Gasteiger partial charge in [0, 0.05) is 31.6 Å². The summed E-state index contributed by atoms with van der Waals surface area (Å²) in [4.78, 5) is 31.6. The fourth-order valence-corrected chi connectivity index (χ4v) is 4.01. The summed E-state index contributed by atoms with van der Waals surface area (Å²) >= 11 is 0. The van der Waals surface area contributed by atoms with Crippen LogP contribution in [-0.2, 0) is 13.6 Å². The number of aromatic carboxylic acids is 1. The monoisotopic (exact) mass is 429 g/mol. The number of carboxylic acids is 1. The van der Waals surface area contributed by atoms with Crippen LogP contribution in [0.3, 0.4) is 0 Å². The van der Waals surface area contributed by atoms with E-state index in [9.17, 15) is 14.7 Å². The summed E-state index contributed by atoms with van der Waals surface area (Å²) in [6.07, 6.45) is 1.91. The molecule has 8 nitrogen and oxygen atoms in total. The molecule has 0 radical (unpaired) electrons. The summed E-state index contributed by atoms with van der Waals surface area (Å²) in [7, 11) is 1.68. The predicted octanol–water partition coefficient (Wildman–Crippen LogP) is 1.96. The van der Waals surface area contributed by atoms with Gasteiger partial charge in [0.1, 0.15) is 11.0 Å². The summed E-state index contributed by atoms with van der Waals surface area (Å²) in [5, 5.41) is 10.0. The number of halogens is 1. The van der Waals surface area contributed by atoms with Crippen molar-refractivity contribution in [1.29, 1.82) is 0 Å². The molecule has 30 heavy (non-hydrogen) atoms. The highest BCUT2D eigenvalue weighted by atomic mass is 35.5. The Kier molecular flexibility index (Phi) is 6.06. The number of carbonyl (C=O) groups is 1. The molecule has 0 saturated carbocycles. The summed E-state index contributed by atoms with van der Waals surface area (Å²) < 4.78 is 3.37. The maximum absolute atomic E-state index is 13.2. The maximum atomic E-state index is 13.2. The van der Waals surface area contributed by atoms with E-state index in [-0.39, 0.29) is 29.6 Å². The molecule has 1 saturated heterocycles. The lowest BCUT2D eigenvalue weighted by atomic mass is 10.1. The first-order valence-corrected chi connectivity index (χ1v) is 9.58. The van der Waals surface area contributed by atoms with E-state index < -0.39 is 5.97 Å². The lowest BCUT2D eigenvalue weighted by Crippen LogP contribution is -2.44. The topological polar surface area (TPSA) is 106 Å². The third kappa shape index (κ3) is 3.51. The van der Waals surface area contributed by atoms with E-state index in [0.29, 0.717) is 41.0 Å². The van der Waals surface area contributed by atoms with Crippen molar-refractivity contribution < 1.29 is 9.90 Å². The highest BCUT2D eigenvalue weighted by Crippen LogP contribution is 2.29. The van der Waals surface area contributed by atoms with Crippen LogP contribution in [0.5, 0.6) is 0 Å². The minimum absolute atomic E-state index is 0. The molecule has 0 aliphatic carbocycles. The van der Waals surface area contributed by atoms with Crippen molar-refractivity contribution in [1.82, 2.24) is 14.1 Å². The van der Waals surface area contributed by atoms with Crippen molar-refractivity contribution in [2.24, 2.45) is 12.8 Å². The van der Waals surface area contributed by atoms with Crippen LogP contribution in [-0.4, -0.2) is 44.3 Å². The highest BCUT2D eigenvalue weighted by Gasteiger charge is 2.25. The number of nitrogens with zero attached hydrogens (tertiary/aromatic N) is 4. The Morgan fingerprint density at radius 2 is 2.17 bits per heavy atom. The standard InChI is InChI=1S/C21H23N5O3.ClH/c1-3-4-10-26-18-17(23-21(26)25-9-5-6-14(22)12-25)15-11-13(20(28)29)7-8-16(15)24(2)19(18)27;/h7-8,11,14H,5-6,9-10,12,22H2,1-2H3,(H,28,29);1H/t14-;/m1./s1. The molecular formula is C21H24ClN5O3. The first kappa shape index (κ1) is 21.7. The molecule has 3 N–H and O–H groups in total. The average Bonchev–Trinajstić information content (AvgIpc) is 3.09. The van der Waals surface area contributed by atoms with Crippen molar-refractivity contribution >= 4 is 46.3 Å². The number of fused-ring (bicyclic) bond motifs is 3. The van der Waals surface area contributed by atoms with Gasteiger partial charge in [0.2, 0.25) is 5.95 Å². The number of hydrogen-bond donors (Lipinski definition) is 2. The average molecular weight is 430 g/mol. The number of nitrogens with two attached hydrogens (primary N) is 1. The lowest BCUT2D eigenvalue weighted by molar-refractivity contribution is 0.0697. The van der Waals surface area contributed by atoms with Gasteiger partial charge < -0.3 is 20.3 Å². The van der Waals surface area contributed by atoms with Gasteiger partial charge in [0.05, 0.1) is 17.6 Å². The zero-order valence-electron chi connectivity index (χ0n) is 16.9. The number of hydrogen-bond acceptors (Lipinski definition) is 5. The number of piperidine rings is 1. The summed E-state index contributed by atoms with van der Waals surface area (Å²) in [6, 6.07) is 4.78. The SMILES string of the molecule is CC#CCn1c(N2CCC[C@@H](N)C2)nc2c3cc(C(=O)O)ccc3n(C)c(=O)c21.Cl. The van der Waals surface area contributed by atoms with Crippen molar-refractivity contribution in [2.45, 2.75) is 32.4 Å². The van der Waals surface area contributed by atoms with E-state index in [4.69, 9.17) is 10.7 Å². The summed E-state index contributed by atoms with van der Waals surface area (Å²) in [5.41, 5.74) is 7.70. The van der Waals surface area contributed by atoms with Crippen LogP contribution in [0.15, 0.2) is 23.0 Å². The lowest BCUT2D eigenvalue weighted by Gasteiger charge is -2.31. The van der Waals surface area contributed by atoms with E-state index in [1.54, 1.807) is 26.1 Å². The van der Waals surface area contributed by atoms with Crippen molar-refractivity contribution in [3.63, 3.8) is 0 Å². The van der Waals surface area contributed by atoms with Crippen LogP contribution >= 0.6 is 12.4 Å². The number of anilines is 1. The van der Waals surface area contributed by atoms with Gasteiger partial charge in [-0.15, -0.1) is 18.3 Å². The molecule has 1 aliphatic heterocycles. The molecule has 1 fully saturated rings. The van der Waals surface area contributed by atoms with Gasteiger partial charge in [0.25, 0.3) is 5.56 Å². The van der Waals surface area contributed by atoms with Crippen molar-refractivity contribution in [3.8, 4) is 11.8 Å². The van der Waals surface area contributed by atoms with Gasteiger partial charge in [-0.1, -0.05) is 5.92 Å². The van der Waals surface area contributed by atoms with E-state index in [1.807, 2.05) is 4.57 Å². The molecule has 1 atom stereocenters. The van der Waals surface area contributed by atoms with Gasteiger partial charge in [0.15, 0.2) is 0 Å². The normalized spacial score (nSPS) is 16.2. The molecule has 1 aliphatic rings. The molecule has 9 heteroatoms. The van der Waals surface area contributed by atoms with Crippen LogP contribution < -0.4 is 16.2 Å². The third-order valence-corrected chi connectivity index (χ3v) is 5.47. The molecule has 158 valence electrons. The molecule has 2 aromatic heterocycles. The van der Waals surface area contributed by atoms with Crippen molar-refractivity contribution in [3.05, 3.63) is 34.1 Å². The Bertz CT molecular complexity index is 1250. The molecule has 3 aromatic rings. The second-order valence-corrected chi connectivity index (χ2v) is 7.37. The van der Waals surface area contributed by atoms with Gasteiger partial charge >= 0.3 is 5.97 Å². The Hall–Kier alpha value is -3.02. The Balaban J connectivity index is 0.00000256. The zero-order valence-corrected chi connectivity index (χ0v) is 17.7. The van der Waals surface area contributed by atoms with Crippen LogP contribution in [0.25, 0.3) is 21.9 Å². The highest BCUT2D eigenvalue weighted by molar-refractivity contribution is 6.06. The second kappa shape index (κ2) is 8.38. The van der Waals surface area contributed by atoms with Crippen LogP contribution in [0.2, 0.25) is 0 Å². The molecule has 4 rings (SSSR count). The number of benzene rings is 1. The fourth-order valence-electron chi connectivity index (χ4n) is 4.01. The predicted molar refractivity (Wildman–Crippen MR) is 120 cm³/mol. The number of aromatic nitrogens is 3. The largest absolute Gasteiger partial charge is 0.478 e. The smallest absolute Gasteiger partial charge is 0.335 e. The Labute approximate surface area is 179 Å². The maximum Gasteiger partial charge on any atom is 0.335 e. The Morgan fingerprint density at radius 1 is 1.40 bits per heavy atom. The van der Waals surface area contributed by atoms with E-state index in [1.165, 1.54) is 10.6 Å². The van der Waals surface area contributed by atoms with Gasteiger partial charge in [-0.2, -0.15) is 0 Å². The quantitative estimate of drug-likeness (QED) is 0.616. The van der Waals surface area contributed by atoms with E-state index in [0.717, 1.165) is 19.4 Å². The first-order valence-electron chi connectivity index (χ1n) is 9.58. The number of rotatable bonds is 3. The molecule has 0 amide bonds. The van der Waals surface area contributed by atoms with Crippen LogP contribution in [0.4, 0.5) is 5.95 Å². The number of aryl methyl sites for hydroxylation is 1. The van der Waals surface area contributed by atoms with E-state index in [2.05, 4.69) is 16.7 Å². The number of imidazole rings is 1. The fraction of sp³-hybridized carbons (Fsp3) is 0.381. The number of pyridine rings is 1. The minimum Gasteiger partial charge on any atom is -0.478 e. The number of carboxylic acid groups (broad SMARTS) is 1. The molecule has 3 heterocycles. The Morgan fingerprint density at radius 3 is 2.83 bits per heavy atom. The summed E-state index contributed by atoms with van der Waals surface area (Å²) in [6.45, 7) is 3.53. The second-order valence-electron chi connectivity index (χ2n) is 7.37. The van der Waals surface area contributed by atoms with Gasteiger partial charge in [-0.25, -0.2) is 9.78 Å². The van der Waals surface area contributed by atoms with E-state index >= 15 is 0 Å². The van der Waals surface area contributed by atoms with Crippen LogP contribution in [0, 0.1) is 11.8 Å². The third-order valence-electron chi connectivity index (χ3n) is 5.47. The molecule has 0 unspecified atom stereocenters. The first-order chi connectivity index (χ1) is 13.9. The van der Waals surface area contributed by atoms with Crippen LogP contribution in [0.1, 0.15) is 30.1 Å². The van der Waals surface area contributed by atoms with Gasteiger partial charge in [-0.3, -0.25) is 9.36 Å².